The highest BCUT2D eigenvalue weighted by Gasteiger charge is 2.23. The largest absolute Gasteiger partial charge is 0.508 e. The second-order valence-corrected chi connectivity index (χ2v) is 5.90. The Balaban J connectivity index is 1.86. The fraction of sp³-hybridized carbons (Fsp3) is 0.250. The van der Waals surface area contributed by atoms with Gasteiger partial charge in [0, 0.05) is 10.2 Å². The summed E-state index contributed by atoms with van der Waals surface area (Å²) in [6.07, 6.45) is 2.21. The molecule has 2 N–H and O–H groups in total. The Morgan fingerprint density at radius 2 is 2.11 bits per heavy atom. The first-order chi connectivity index (χ1) is 9.15. The van der Waals surface area contributed by atoms with Gasteiger partial charge >= 0.3 is 0 Å². The van der Waals surface area contributed by atoms with Gasteiger partial charge in [-0.3, -0.25) is 0 Å². The van der Waals surface area contributed by atoms with Crippen LogP contribution in [0.15, 0.2) is 40.9 Å². The SMILES string of the molecule is Cc1cc(NC2CCc3c(Br)cccc32)ccc1O. The van der Waals surface area contributed by atoms with Gasteiger partial charge in [0.2, 0.25) is 0 Å². The van der Waals surface area contributed by atoms with Crippen molar-refractivity contribution in [3.63, 3.8) is 0 Å². The molecule has 0 heterocycles. The van der Waals surface area contributed by atoms with E-state index in [0.29, 0.717) is 11.8 Å². The number of halogens is 1. The van der Waals surface area contributed by atoms with Crippen molar-refractivity contribution in [2.75, 3.05) is 5.32 Å². The summed E-state index contributed by atoms with van der Waals surface area (Å²) in [7, 11) is 0. The van der Waals surface area contributed by atoms with Crippen LogP contribution in [0.3, 0.4) is 0 Å². The van der Waals surface area contributed by atoms with E-state index in [0.717, 1.165) is 24.1 Å². The second-order valence-electron chi connectivity index (χ2n) is 5.04. The number of phenolic OH excluding ortho intramolecular Hbond substituents is 1. The third-order valence-corrected chi connectivity index (χ3v) is 4.49. The van der Waals surface area contributed by atoms with Crippen molar-refractivity contribution in [2.45, 2.75) is 25.8 Å². The van der Waals surface area contributed by atoms with Gasteiger partial charge in [0.1, 0.15) is 5.75 Å². The number of rotatable bonds is 2. The molecule has 0 saturated heterocycles. The first-order valence-electron chi connectivity index (χ1n) is 6.48. The smallest absolute Gasteiger partial charge is 0.118 e. The number of nitrogens with one attached hydrogen (secondary N) is 1. The van der Waals surface area contributed by atoms with Crippen LogP contribution in [0, 0.1) is 6.92 Å². The van der Waals surface area contributed by atoms with E-state index in [-0.39, 0.29) is 0 Å². The lowest BCUT2D eigenvalue weighted by molar-refractivity contribution is 0.471. The molecule has 3 heteroatoms. The third-order valence-electron chi connectivity index (χ3n) is 3.75. The fourth-order valence-electron chi connectivity index (χ4n) is 2.71. The van der Waals surface area contributed by atoms with Crippen LogP contribution in [0.1, 0.15) is 29.2 Å². The number of aromatic hydroxyl groups is 1. The Bertz CT molecular complexity index is 624. The van der Waals surface area contributed by atoms with E-state index in [1.165, 1.54) is 15.6 Å². The maximum Gasteiger partial charge on any atom is 0.118 e. The van der Waals surface area contributed by atoms with Crippen molar-refractivity contribution in [1.29, 1.82) is 0 Å². The molecule has 1 atom stereocenters. The maximum absolute atomic E-state index is 9.56. The van der Waals surface area contributed by atoms with Gasteiger partial charge in [-0.05, 0) is 60.7 Å². The van der Waals surface area contributed by atoms with E-state index in [4.69, 9.17) is 0 Å². The monoisotopic (exact) mass is 317 g/mol. The predicted octanol–water partition coefficient (Wildman–Crippen LogP) is 4.56. The van der Waals surface area contributed by atoms with Crippen molar-refractivity contribution < 1.29 is 5.11 Å². The molecule has 2 aromatic carbocycles. The van der Waals surface area contributed by atoms with Crippen LogP contribution in [-0.2, 0) is 6.42 Å². The van der Waals surface area contributed by atoms with Gasteiger partial charge in [0.05, 0.1) is 6.04 Å². The third kappa shape index (κ3) is 2.35. The van der Waals surface area contributed by atoms with Crippen LogP contribution < -0.4 is 5.32 Å². The summed E-state index contributed by atoms with van der Waals surface area (Å²) < 4.78 is 1.20. The van der Waals surface area contributed by atoms with E-state index in [1.54, 1.807) is 6.07 Å². The summed E-state index contributed by atoms with van der Waals surface area (Å²) in [5.41, 5.74) is 4.75. The lowest BCUT2D eigenvalue weighted by Gasteiger charge is -2.16. The lowest BCUT2D eigenvalue weighted by Crippen LogP contribution is -2.07. The molecule has 0 saturated carbocycles. The molecule has 0 fully saturated rings. The normalized spacial score (nSPS) is 17.3. The van der Waals surface area contributed by atoms with Gasteiger partial charge in [-0.15, -0.1) is 0 Å². The first kappa shape index (κ1) is 12.5. The molecule has 98 valence electrons. The van der Waals surface area contributed by atoms with Crippen LogP contribution in [-0.4, -0.2) is 5.11 Å². The molecular formula is C16H16BrNO. The highest BCUT2D eigenvalue weighted by atomic mass is 79.9. The summed E-state index contributed by atoms with van der Waals surface area (Å²) in [6, 6.07) is 12.4. The van der Waals surface area contributed by atoms with E-state index in [2.05, 4.69) is 39.4 Å². The number of hydrogen-bond donors (Lipinski definition) is 2. The quantitative estimate of drug-likeness (QED) is 0.796. The van der Waals surface area contributed by atoms with Crippen LogP contribution in [0.5, 0.6) is 5.75 Å². The number of hydrogen-bond acceptors (Lipinski definition) is 2. The Morgan fingerprint density at radius 1 is 1.26 bits per heavy atom. The van der Waals surface area contributed by atoms with Crippen LogP contribution in [0.4, 0.5) is 5.69 Å². The van der Waals surface area contributed by atoms with Gasteiger partial charge in [-0.2, -0.15) is 0 Å². The number of phenols is 1. The van der Waals surface area contributed by atoms with Gasteiger partial charge in [0.25, 0.3) is 0 Å². The molecule has 1 aliphatic rings. The number of fused-ring (bicyclic) bond motifs is 1. The van der Waals surface area contributed by atoms with Crippen molar-refractivity contribution in [2.24, 2.45) is 0 Å². The number of aryl methyl sites for hydroxylation is 1. The van der Waals surface area contributed by atoms with E-state index < -0.39 is 0 Å². The average Bonchev–Trinajstić information content (AvgIpc) is 2.79. The lowest BCUT2D eigenvalue weighted by atomic mass is 10.1. The van der Waals surface area contributed by atoms with Gasteiger partial charge < -0.3 is 10.4 Å². The highest BCUT2D eigenvalue weighted by molar-refractivity contribution is 9.10. The Hall–Kier alpha value is -1.48. The van der Waals surface area contributed by atoms with Gasteiger partial charge in [-0.1, -0.05) is 28.1 Å². The second kappa shape index (κ2) is 4.89. The maximum atomic E-state index is 9.56. The number of benzene rings is 2. The molecule has 0 radical (unpaired) electrons. The Kier molecular flexibility index (Phi) is 3.23. The topological polar surface area (TPSA) is 32.3 Å². The zero-order valence-corrected chi connectivity index (χ0v) is 12.4. The summed E-state index contributed by atoms with van der Waals surface area (Å²) >= 11 is 3.62. The molecule has 0 spiro atoms. The predicted molar refractivity (Wildman–Crippen MR) is 81.7 cm³/mol. The molecule has 0 amide bonds. The Labute approximate surface area is 121 Å². The standard InChI is InChI=1S/C16H16BrNO/c1-10-9-11(5-8-16(10)19)18-15-7-6-12-13(15)3-2-4-14(12)17/h2-5,8-9,15,18-19H,6-7H2,1H3. The molecule has 0 bridgehead atoms. The Morgan fingerprint density at radius 3 is 2.89 bits per heavy atom. The van der Waals surface area contributed by atoms with Gasteiger partial charge in [0.15, 0.2) is 0 Å². The van der Waals surface area contributed by atoms with Crippen molar-refractivity contribution in [3.05, 3.63) is 57.6 Å². The van der Waals surface area contributed by atoms with Crippen LogP contribution in [0.25, 0.3) is 0 Å². The van der Waals surface area contributed by atoms with Crippen molar-refractivity contribution in [3.8, 4) is 5.75 Å². The summed E-state index contributed by atoms with van der Waals surface area (Å²) in [4.78, 5) is 0. The van der Waals surface area contributed by atoms with Crippen molar-refractivity contribution in [1.82, 2.24) is 0 Å². The van der Waals surface area contributed by atoms with E-state index >= 15 is 0 Å². The fourth-order valence-corrected chi connectivity index (χ4v) is 3.29. The molecule has 19 heavy (non-hydrogen) atoms. The zero-order chi connectivity index (χ0) is 13.4. The molecule has 0 aliphatic heterocycles. The summed E-state index contributed by atoms with van der Waals surface area (Å²) in [5, 5.41) is 13.1. The highest BCUT2D eigenvalue weighted by Crippen LogP contribution is 2.37. The number of anilines is 1. The molecule has 1 unspecified atom stereocenters. The van der Waals surface area contributed by atoms with E-state index in [9.17, 15) is 5.11 Å². The summed E-state index contributed by atoms with van der Waals surface area (Å²) in [5.74, 6) is 0.347. The van der Waals surface area contributed by atoms with Crippen molar-refractivity contribution >= 4 is 21.6 Å². The minimum Gasteiger partial charge on any atom is -0.508 e. The first-order valence-corrected chi connectivity index (χ1v) is 7.28. The minimum absolute atomic E-state index is 0.347. The van der Waals surface area contributed by atoms with Crippen LogP contribution in [0.2, 0.25) is 0 Å². The minimum atomic E-state index is 0.347. The zero-order valence-electron chi connectivity index (χ0n) is 10.8. The molecular weight excluding hydrogens is 302 g/mol. The molecule has 2 nitrogen and oxygen atoms in total. The van der Waals surface area contributed by atoms with Crippen LogP contribution >= 0.6 is 15.9 Å². The molecule has 3 rings (SSSR count). The average molecular weight is 318 g/mol. The molecule has 2 aromatic rings. The molecule has 1 aliphatic carbocycles. The van der Waals surface area contributed by atoms with E-state index in [1.807, 2.05) is 19.1 Å². The van der Waals surface area contributed by atoms with Gasteiger partial charge in [-0.25, -0.2) is 0 Å². The molecule has 0 aromatic heterocycles. The summed E-state index contributed by atoms with van der Waals surface area (Å²) in [6.45, 7) is 1.92.